The van der Waals surface area contributed by atoms with Gasteiger partial charge in [-0.25, -0.2) is 0 Å². The molecule has 2 nitrogen and oxygen atoms in total. The van der Waals surface area contributed by atoms with Gasteiger partial charge in [-0.2, -0.15) is 0 Å². The van der Waals surface area contributed by atoms with Gasteiger partial charge in [-0.05, 0) is 24.7 Å². The first-order valence-corrected chi connectivity index (χ1v) is 6.12. The number of hydrogen-bond acceptors (Lipinski definition) is 2. The molecular weight excluding hydrogens is 174 g/mol. The van der Waals surface area contributed by atoms with E-state index >= 15 is 0 Å². The van der Waals surface area contributed by atoms with Crippen LogP contribution in [0.1, 0.15) is 44.9 Å². The predicted molar refractivity (Wildman–Crippen MR) is 57.9 cm³/mol. The van der Waals surface area contributed by atoms with Crippen molar-refractivity contribution >= 4 is 0 Å². The lowest BCUT2D eigenvalue weighted by molar-refractivity contribution is 0.192. The lowest BCUT2D eigenvalue weighted by Gasteiger charge is -2.22. The molecule has 0 aromatic heterocycles. The Kier molecular flexibility index (Phi) is 3.13. The van der Waals surface area contributed by atoms with Crippen molar-refractivity contribution < 1.29 is 5.11 Å². The molecule has 2 atom stereocenters. The normalized spacial score (nSPS) is 38.6. The monoisotopic (exact) mass is 197 g/mol. The molecule has 0 bridgehead atoms. The molecule has 82 valence electrons. The van der Waals surface area contributed by atoms with E-state index in [1.807, 2.05) is 0 Å². The van der Waals surface area contributed by atoms with Crippen molar-refractivity contribution in [3.63, 3.8) is 0 Å². The summed E-state index contributed by atoms with van der Waals surface area (Å²) in [6, 6.07) is 0. The van der Waals surface area contributed by atoms with Gasteiger partial charge in [0.1, 0.15) is 0 Å². The van der Waals surface area contributed by atoms with Crippen LogP contribution in [0, 0.1) is 17.3 Å². The zero-order valence-electron chi connectivity index (χ0n) is 9.04. The van der Waals surface area contributed by atoms with E-state index in [4.69, 9.17) is 5.73 Å². The molecule has 0 saturated heterocycles. The third-order valence-electron chi connectivity index (χ3n) is 4.42. The highest BCUT2D eigenvalue weighted by molar-refractivity contribution is 5.03. The zero-order chi connectivity index (χ0) is 10.0. The fourth-order valence-electron chi connectivity index (χ4n) is 3.10. The summed E-state index contributed by atoms with van der Waals surface area (Å²) in [7, 11) is 0. The Labute approximate surface area is 86.9 Å². The van der Waals surface area contributed by atoms with Gasteiger partial charge in [0.25, 0.3) is 0 Å². The van der Waals surface area contributed by atoms with Gasteiger partial charge in [0.05, 0.1) is 6.61 Å². The van der Waals surface area contributed by atoms with Gasteiger partial charge in [0, 0.05) is 12.0 Å². The average molecular weight is 197 g/mol. The first-order chi connectivity index (χ1) is 6.80. The molecule has 2 aliphatic carbocycles. The zero-order valence-corrected chi connectivity index (χ0v) is 9.04. The van der Waals surface area contributed by atoms with Gasteiger partial charge >= 0.3 is 0 Å². The minimum Gasteiger partial charge on any atom is -0.396 e. The van der Waals surface area contributed by atoms with Crippen LogP contribution in [0.5, 0.6) is 0 Å². The second-order valence-corrected chi connectivity index (χ2v) is 5.37. The van der Waals surface area contributed by atoms with Crippen LogP contribution in [0.2, 0.25) is 0 Å². The fraction of sp³-hybridized carbons (Fsp3) is 1.00. The van der Waals surface area contributed by atoms with E-state index in [-0.39, 0.29) is 5.41 Å². The minimum absolute atomic E-state index is 0.136. The van der Waals surface area contributed by atoms with Crippen LogP contribution in [0.3, 0.4) is 0 Å². The highest BCUT2D eigenvalue weighted by Gasteiger charge is 2.52. The number of hydrogen-bond donors (Lipinski definition) is 2. The molecule has 2 fully saturated rings. The number of aliphatic hydroxyl groups is 1. The molecule has 2 rings (SSSR count). The van der Waals surface area contributed by atoms with E-state index in [9.17, 15) is 5.11 Å². The van der Waals surface area contributed by atoms with E-state index in [1.165, 1.54) is 44.9 Å². The minimum atomic E-state index is 0.136. The van der Waals surface area contributed by atoms with Crippen LogP contribution >= 0.6 is 0 Å². The highest BCUT2D eigenvalue weighted by atomic mass is 16.3. The van der Waals surface area contributed by atoms with Crippen molar-refractivity contribution in [2.45, 2.75) is 44.9 Å². The van der Waals surface area contributed by atoms with Crippen LogP contribution in [0.4, 0.5) is 0 Å². The second-order valence-electron chi connectivity index (χ2n) is 5.37. The summed E-state index contributed by atoms with van der Waals surface area (Å²) in [6.45, 7) is 0.988. The van der Waals surface area contributed by atoms with Crippen LogP contribution < -0.4 is 5.73 Å². The lowest BCUT2D eigenvalue weighted by Crippen LogP contribution is -2.23. The SMILES string of the molecule is NCC1(CO)CC1CC1CCCCC1. The van der Waals surface area contributed by atoms with Crippen molar-refractivity contribution in [2.24, 2.45) is 23.0 Å². The standard InChI is InChI=1S/C12H23NO/c13-8-12(9-14)7-11(12)6-10-4-2-1-3-5-10/h10-11,14H,1-9,13H2. The summed E-state index contributed by atoms with van der Waals surface area (Å²) in [6.07, 6.45) is 9.63. The van der Waals surface area contributed by atoms with Gasteiger partial charge in [0.15, 0.2) is 0 Å². The molecule has 2 heteroatoms. The van der Waals surface area contributed by atoms with Crippen LogP contribution in [-0.2, 0) is 0 Å². The molecule has 0 aromatic carbocycles. The number of aliphatic hydroxyl groups excluding tert-OH is 1. The van der Waals surface area contributed by atoms with Crippen LogP contribution in [0.15, 0.2) is 0 Å². The van der Waals surface area contributed by atoms with E-state index in [0.717, 1.165) is 11.8 Å². The largest absolute Gasteiger partial charge is 0.396 e. The first kappa shape index (κ1) is 10.4. The van der Waals surface area contributed by atoms with Gasteiger partial charge < -0.3 is 10.8 Å². The Morgan fingerprint density at radius 3 is 2.43 bits per heavy atom. The van der Waals surface area contributed by atoms with Crippen LogP contribution in [-0.4, -0.2) is 18.3 Å². The first-order valence-electron chi connectivity index (χ1n) is 6.12. The lowest BCUT2D eigenvalue weighted by atomic mass is 9.84. The predicted octanol–water partition coefficient (Wildman–Crippen LogP) is 1.91. The Hall–Kier alpha value is -0.0800. The molecule has 0 aliphatic heterocycles. The summed E-state index contributed by atoms with van der Waals surface area (Å²) in [5.41, 5.74) is 5.85. The maximum atomic E-state index is 9.28. The van der Waals surface area contributed by atoms with E-state index in [1.54, 1.807) is 0 Å². The van der Waals surface area contributed by atoms with Gasteiger partial charge in [-0.15, -0.1) is 0 Å². The molecule has 0 aromatic rings. The van der Waals surface area contributed by atoms with E-state index in [2.05, 4.69) is 0 Å². The van der Waals surface area contributed by atoms with Crippen molar-refractivity contribution in [3.05, 3.63) is 0 Å². The molecule has 0 amide bonds. The molecule has 2 aliphatic rings. The molecule has 0 spiro atoms. The maximum absolute atomic E-state index is 9.28. The average Bonchev–Trinajstić information content (AvgIpc) is 2.94. The van der Waals surface area contributed by atoms with Gasteiger partial charge in [-0.3, -0.25) is 0 Å². The Morgan fingerprint density at radius 2 is 1.93 bits per heavy atom. The van der Waals surface area contributed by atoms with Gasteiger partial charge in [-0.1, -0.05) is 32.1 Å². The number of rotatable bonds is 4. The molecule has 0 radical (unpaired) electrons. The third kappa shape index (κ3) is 1.96. The van der Waals surface area contributed by atoms with Crippen molar-refractivity contribution in [2.75, 3.05) is 13.2 Å². The molecule has 0 heterocycles. The van der Waals surface area contributed by atoms with Crippen molar-refractivity contribution in [1.82, 2.24) is 0 Å². The summed E-state index contributed by atoms with van der Waals surface area (Å²) < 4.78 is 0. The van der Waals surface area contributed by atoms with Crippen molar-refractivity contribution in [3.8, 4) is 0 Å². The maximum Gasteiger partial charge on any atom is 0.0502 e. The molecule has 14 heavy (non-hydrogen) atoms. The van der Waals surface area contributed by atoms with Crippen LogP contribution in [0.25, 0.3) is 0 Å². The molecule has 3 N–H and O–H groups in total. The summed E-state index contributed by atoms with van der Waals surface area (Å²) in [5.74, 6) is 1.68. The topological polar surface area (TPSA) is 46.2 Å². The summed E-state index contributed by atoms with van der Waals surface area (Å²) in [5, 5.41) is 9.28. The smallest absolute Gasteiger partial charge is 0.0502 e. The van der Waals surface area contributed by atoms with Crippen molar-refractivity contribution in [1.29, 1.82) is 0 Å². The third-order valence-corrected chi connectivity index (χ3v) is 4.42. The Balaban J connectivity index is 1.76. The highest BCUT2D eigenvalue weighted by Crippen LogP contribution is 2.55. The quantitative estimate of drug-likeness (QED) is 0.723. The molecule has 2 saturated carbocycles. The number of nitrogens with two attached hydrogens (primary N) is 1. The summed E-state index contributed by atoms with van der Waals surface area (Å²) in [4.78, 5) is 0. The summed E-state index contributed by atoms with van der Waals surface area (Å²) >= 11 is 0. The Bertz CT molecular complexity index is 183. The fourth-order valence-corrected chi connectivity index (χ4v) is 3.10. The van der Waals surface area contributed by atoms with E-state index in [0.29, 0.717) is 13.2 Å². The molecular formula is C12H23NO. The van der Waals surface area contributed by atoms with E-state index < -0.39 is 0 Å². The molecule has 2 unspecified atom stereocenters. The van der Waals surface area contributed by atoms with Gasteiger partial charge in [0.2, 0.25) is 0 Å². The Morgan fingerprint density at radius 1 is 1.21 bits per heavy atom. The second kappa shape index (κ2) is 4.19.